The van der Waals surface area contributed by atoms with E-state index in [9.17, 15) is 9.59 Å². The number of hydrogen-bond donors (Lipinski definition) is 2. The predicted molar refractivity (Wildman–Crippen MR) is 129 cm³/mol. The number of aromatic amines is 2. The van der Waals surface area contributed by atoms with E-state index in [4.69, 9.17) is 4.74 Å². The van der Waals surface area contributed by atoms with Crippen LogP contribution >= 0.6 is 0 Å². The van der Waals surface area contributed by atoms with Gasteiger partial charge in [-0.2, -0.15) is 0 Å². The summed E-state index contributed by atoms with van der Waals surface area (Å²) in [6.45, 7) is 9.65. The minimum atomic E-state index is -0.353. The molecule has 3 aromatic rings. The Bertz CT molecular complexity index is 1300. The Hall–Kier alpha value is -3.23. The maximum absolute atomic E-state index is 12.7. The Morgan fingerprint density at radius 3 is 2.33 bits per heavy atom. The molecule has 0 unspecified atom stereocenters. The molecule has 0 spiro atoms. The van der Waals surface area contributed by atoms with Gasteiger partial charge in [0.05, 0.1) is 25.2 Å². The van der Waals surface area contributed by atoms with Gasteiger partial charge in [-0.15, -0.1) is 0 Å². The summed E-state index contributed by atoms with van der Waals surface area (Å²) in [4.78, 5) is 37.7. The lowest BCUT2D eigenvalue weighted by molar-refractivity contribution is 0.0369. The number of aromatic nitrogens is 4. The van der Waals surface area contributed by atoms with Crippen LogP contribution in [0.3, 0.4) is 0 Å². The molecule has 1 aliphatic heterocycles. The van der Waals surface area contributed by atoms with Crippen molar-refractivity contribution in [3.63, 3.8) is 0 Å². The molecular weight excluding hydrogens is 418 g/mol. The van der Waals surface area contributed by atoms with Crippen molar-refractivity contribution in [3.05, 3.63) is 85.0 Å². The smallest absolute Gasteiger partial charge is 0.272 e. The quantitative estimate of drug-likeness (QED) is 0.555. The van der Waals surface area contributed by atoms with Crippen molar-refractivity contribution >= 4 is 12.2 Å². The van der Waals surface area contributed by atoms with E-state index in [1.807, 2.05) is 36.7 Å². The van der Waals surface area contributed by atoms with Gasteiger partial charge in [0.25, 0.3) is 11.1 Å². The van der Waals surface area contributed by atoms with Gasteiger partial charge in [-0.25, -0.2) is 4.98 Å². The molecule has 3 heterocycles. The highest BCUT2D eigenvalue weighted by atomic mass is 16.5. The molecule has 0 amide bonds. The van der Waals surface area contributed by atoms with Crippen LogP contribution in [0.15, 0.2) is 46.2 Å². The number of hydrogen-bond acceptors (Lipinski definition) is 5. The molecule has 174 valence electrons. The number of nitrogens with one attached hydrogen (secondary N) is 2. The fraction of sp³-hybridized carbons (Fsp3) is 0.400. The van der Waals surface area contributed by atoms with Gasteiger partial charge >= 0.3 is 0 Å². The largest absolute Gasteiger partial charge is 0.379 e. The van der Waals surface area contributed by atoms with E-state index >= 15 is 0 Å². The van der Waals surface area contributed by atoms with E-state index in [1.165, 1.54) is 0 Å². The van der Waals surface area contributed by atoms with Gasteiger partial charge in [-0.05, 0) is 30.1 Å². The Labute approximate surface area is 192 Å². The van der Waals surface area contributed by atoms with Crippen LogP contribution in [0.25, 0.3) is 12.2 Å². The molecule has 2 N–H and O–H groups in total. The summed E-state index contributed by atoms with van der Waals surface area (Å²) < 4.78 is 7.57. The molecular formula is C25H31N5O3. The van der Waals surface area contributed by atoms with Crippen LogP contribution < -0.4 is 21.8 Å². The zero-order valence-corrected chi connectivity index (χ0v) is 19.2. The molecule has 0 saturated carbocycles. The van der Waals surface area contributed by atoms with Crippen molar-refractivity contribution in [2.24, 2.45) is 0 Å². The number of rotatable bonds is 7. The van der Waals surface area contributed by atoms with Gasteiger partial charge in [0.1, 0.15) is 10.7 Å². The standard InChI is InChI=1S/C25H31N5O3/c1-18(2)23-20(26-17-30(23)10-6-9-29-11-13-33-14-12-29)16-22-25(32)27-21(24(31)28-22)15-19-7-4-3-5-8-19/h3-5,7-8,15-18H,6,9-14H2,1-2H3,(H,27,32)(H,28,31)/b21-15-,22-16-. The Morgan fingerprint density at radius 1 is 1.00 bits per heavy atom. The number of morpholine rings is 1. The van der Waals surface area contributed by atoms with Crippen LogP contribution in [-0.2, 0) is 11.3 Å². The lowest BCUT2D eigenvalue weighted by Crippen LogP contribution is -2.46. The highest BCUT2D eigenvalue weighted by Gasteiger charge is 2.14. The summed E-state index contributed by atoms with van der Waals surface area (Å²) in [6.07, 6.45) is 6.16. The van der Waals surface area contributed by atoms with Crippen molar-refractivity contribution in [2.75, 3.05) is 32.8 Å². The number of aryl methyl sites for hydroxylation is 1. The minimum absolute atomic E-state index is 0.200. The first-order chi connectivity index (χ1) is 16.0. The van der Waals surface area contributed by atoms with Crippen LogP contribution in [0, 0.1) is 0 Å². The third-order valence-corrected chi connectivity index (χ3v) is 5.81. The highest BCUT2D eigenvalue weighted by molar-refractivity contribution is 5.49. The highest BCUT2D eigenvalue weighted by Crippen LogP contribution is 2.20. The minimum Gasteiger partial charge on any atom is -0.379 e. The number of ether oxygens (including phenoxy) is 1. The molecule has 0 bridgehead atoms. The fourth-order valence-electron chi connectivity index (χ4n) is 4.16. The molecule has 0 radical (unpaired) electrons. The first kappa shape index (κ1) is 22.9. The number of H-pyrrole nitrogens is 2. The average molecular weight is 450 g/mol. The molecule has 0 aliphatic carbocycles. The Morgan fingerprint density at radius 2 is 1.67 bits per heavy atom. The van der Waals surface area contributed by atoms with Gasteiger partial charge in [-0.3, -0.25) is 14.5 Å². The second-order valence-electron chi connectivity index (χ2n) is 8.61. The van der Waals surface area contributed by atoms with Crippen LogP contribution in [0.5, 0.6) is 0 Å². The molecule has 4 rings (SSSR count). The molecule has 1 aromatic carbocycles. The maximum Gasteiger partial charge on any atom is 0.272 e. The molecule has 0 atom stereocenters. The lowest BCUT2D eigenvalue weighted by Gasteiger charge is -2.26. The molecule has 1 saturated heterocycles. The van der Waals surface area contributed by atoms with Crippen LogP contribution in [-0.4, -0.2) is 57.3 Å². The van der Waals surface area contributed by atoms with E-state index in [-0.39, 0.29) is 27.7 Å². The van der Waals surface area contributed by atoms with Gasteiger partial charge < -0.3 is 19.3 Å². The summed E-state index contributed by atoms with van der Waals surface area (Å²) in [5, 5.41) is 0.423. The van der Waals surface area contributed by atoms with Crippen molar-refractivity contribution < 1.29 is 4.74 Å². The summed E-state index contributed by atoms with van der Waals surface area (Å²) >= 11 is 0. The Balaban J connectivity index is 1.59. The molecule has 2 aromatic heterocycles. The van der Waals surface area contributed by atoms with E-state index in [1.54, 1.807) is 12.2 Å². The van der Waals surface area contributed by atoms with Gasteiger partial charge in [-0.1, -0.05) is 44.2 Å². The molecule has 33 heavy (non-hydrogen) atoms. The second-order valence-corrected chi connectivity index (χ2v) is 8.61. The topological polar surface area (TPSA) is 96.0 Å². The van der Waals surface area contributed by atoms with Crippen molar-refractivity contribution in [2.45, 2.75) is 32.7 Å². The van der Waals surface area contributed by atoms with Crippen molar-refractivity contribution in [3.8, 4) is 0 Å². The van der Waals surface area contributed by atoms with Gasteiger partial charge in [0.15, 0.2) is 0 Å². The van der Waals surface area contributed by atoms with Crippen LogP contribution in [0.1, 0.15) is 43.1 Å². The molecule has 1 aliphatic rings. The first-order valence-corrected chi connectivity index (χ1v) is 11.5. The van der Waals surface area contributed by atoms with Crippen molar-refractivity contribution in [1.29, 1.82) is 0 Å². The van der Waals surface area contributed by atoms with E-state index in [0.717, 1.165) is 57.1 Å². The summed E-state index contributed by atoms with van der Waals surface area (Å²) in [6, 6.07) is 9.41. The van der Waals surface area contributed by atoms with Gasteiger partial charge in [0.2, 0.25) is 0 Å². The fourth-order valence-corrected chi connectivity index (χ4v) is 4.16. The first-order valence-electron chi connectivity index (χ1n) is 11.5. The monoisotopic (exact) mass is 449 g/mol. The zero-order chi connectivity index (χ0) is 23.2. The number of benzene rings is 1. The summed E-state index contributed by atoms with van der Waals surface area (Å²) in [5.74, 6) is 0.221. The predicted octanol–water partition coefficient (Wildman–Crippen LogP) is 0.763. The zero-order valence-electron chi connectivity index (χ0n) is 19.2. The third kappa shape index (κ3) is 5.77. The maximum atomic E-state index is 12.7. The number of imidazole rings is 1. The SMILES string of the molecule is CC(C)c1c(/C=c2\[nH]c(=O)/c(=C/c3ccccc3)[nH]c2=O)ncn1CCCN1CCOCC1. The van der Waals surface area contributed by atoms with Gasteiger partial charge in [0, 0.05) is 31.9 Å². The lowest BCUT2D eigenvalue weighted by atomic mass is 10.1. The van der Waals surface area contributed by atoms with E-state index in [0.29, 0.717) is 5.69 Å². The normalized spacial score (nSPS) is 16.1. The molecule has 8 nitrogen and oxygen atoms in total. The van der Waals surface area contributed by atoms with Crippen LogP contribution in [0.2, 0.25) is 0 Å². The summed E-state index contributed by atoms with van der Waals surface area (Å²) in [5.41, 5.74) is 1.90. The van der Waals surface area contributed by atoms with Crippen molar-refractivity contribution in [1.82, 2.24) is 24.4 Å². The number of nitrogens with zero attached hydrogens (tertiary/aromatic N) is 3. The second kappa shape index (κ2) is 10.6. The Kier molecular flexibility index (Phi) is 7.36. The summed E-state index contributed by atoms with van der Waals surface area (Å²) in [7, 11) is 0. The van der Waals surface area contributed by atoms with E-state index < -0.39 is 0 Å². The third-order valence-electron chi connectivity index (χ3n) is 5.81. The average Bonchev–Trinajstić information content (AvgIpc) is 3.21. The molecule has 1 fully saturated rings. The van der Waals surface area contributed by atoms with E-state index in [2.05, 4.69) is 38.3 Å². The van der Waals surface area contributed by atoms with Crippen LogP contribution in [0.4, 0.5) is 0 Å². The molecule has 8 heteroatoms.